The number of nitrogens with zero attached hydrogens (tertiary/aromatic N) is 2. The van der Waals surface area contributed by atoms with Gasteiger partial charge in [0.25, 0.3) is 0 Å². The fourth-order valence-electron chi connectivity index (χ4n) is 3.49. The molecule has 0 fully saturated rings. The van der Waals surface area contributed by atoms with E-state index in [9.17, 15) is 14.0 Å². The number of fused-ring (bicyclic) bond motifs is 1. The van der Waals surface area contributed by atoms with Gasteiger partial charge in [-0.3, -0.25) is 10.5 Å². The highest BCUT2D eigenvalue weighted by Gasteiger charge is 2.42. The van der Waals surface area contributed by atoms with Gasteiger partial charge in [0.05, 0.1) is 17.3 Å². The van der Waals surface area contributed by atoms with Crippen LogP contribution in [0.3, 0.4) is 0 Å². The maximum atomic E-state index is 14.6. The van der Waals surface area contributed by atoms with Crippen LogP contribution in [-0.2, 0) is 0 Å². The summed E-state index contributed by atoms with van der Waals surface area (Å²) in [6, 6.07) is 7.08. The maximum Gasteiger partial charge on any atom is 0.244 e. The molecule has 2 unspecified atom stereocenters. The van der Waals surface area contributed by atoms with Crippen molar-refractivity contribution >= 4 is 17.2 Å². The van der Waals surface area contributed by atoms with Gasteiger partial charge >= 0.3 is 0 Å². The molecule has 5 nitrogen and oxygen atoms in total. The Morgan fingerprint density at radius 3 is 2.74 bits per heavy atom. The van der Waals surface area contributed by atoms with Crippen LogP contribution >= 0.6 is 11.3 Å². The highest BCUT2D eigenvalue weighted by Crippen LogP contribution is 2.47. The zero-order chi connectivity index (χ0) is 19.3. The van der Waals surface area contributed by atoms with Crippen molar-refractivity contribution in [2.75, 3.05) is 0 Å². The van der Waals surface area contributed by atoms with Gasteiger partial charge in [-0.1, -0.05) is 0 Å². The van der Waals surface area contributed by atoms with E-state index >= 15 is 0 Å². The predicted octanol–water partition coefficient (Wildman–Crippen LogP) is 4.67. The Labute approximate surface area is 157 Å². The lowest BCUT2D eigenvalue weighted by Crippen LogP contribution is -2.31. The Hall–Kier alpha value is -3.05. The summed E-state index contributed by atoms with van der Waals surface area (Å²) < 4.78 is 33.9. The van der Waals surface area contributed by atoms with Gasteiger partial charge in [0.2, 0.25) is 11.8 Å². The molecular weight excluding hydrogens is 370 g/mol. The van der Waals surface area contributed by atoms with Gasteiger partial charge in [0.1, 0.15) is 17.6 Å². The molecule has 3 aromatic rings. The Morgan fingerprint density at radius 1 is 1.30 bits per heavy atom. The number of thiophene rings is 1. The van der Waals surface area contributed by atoms with Gasteiger partial charge in [-0.2, -0.15) is 5.26 Å². The van der Waals surface area contributed by atoms with Crippen molar-refractivity contribution in [3.8, 4) is 23.2 Å². The van der Waals surface area contributed by atoms with Gasteiger partial charge in [-0.05, 0) is 38.1 Å². The molecule has 1 aliphatic rings. The molecule has 0 radical (unpaired) electrons. The molecule has 0 bridgehead atoms. The zero-order valence-electron chi connectivity index (χ0n) is 14.4. The molecule has 4 rings (SSSR count). The molecule has 1 aromatic carbocycles. The fraction of sp³-hybridized carbons (Fsp3) is 0.211. The Morgan fingerprint density at radius 2 is 2.07 bits per heavy atom. The van der Waals surface area contributed by atoms with Crippen molar-refractivity contribution in [2.45, 2.75) is 19.8 Å². The number of benzene rings is 1. The molecule has 2 atom stereocenters. The number of nitriles is 1. The van der Waals surface area contributed by atoms with Crippen molar-refractivity contribution in [1.82, 2.24) is 10.2 Å². The highest BCUT2D eigenvalue weighted by molar-refractivity contribution is 7.12. The summed E-state index contributed by atoms with van der Waals surface area (Å²) in [5.74, 6) is -3.49. The maximum absolute atomic E-state index is 14.6. The molecule has 2 N–H and O–H groups in total. The van der Waals surface area contributed by atoms with E-state index < -0.39 is 23.5 Å². The molecule has 136 valence electrons. The Bertz CT molecular complexity index is 1110. The fourth-order valence-corrected chi connectivity index (χ4v) is 4.42. The van der Waals surface area contributed by atoms with Crippen molar-refractivity contribution in [3.05, 3.63) is 56.8 Å². The minimum absolute atomic E-state index is 0.00287. The molecule has 1 aliphatic heterocycles. The summed E-state index contributed by atoms with van der Waals surface area (Å²) >= 11 is 1.60. The number of halogens is 2. The molecule has 27 heavy (non-hydrogen) atoms. The van der Waals surface area contributed by atoms with Crippen LogP contribution in [0.2, 0.25) is 0 Å². The number of nitrogens with one attached hydrogen (secondary N) is 2. The van der Waals surface area contributed by atoms with Crippen LogP contribution < -0.4 is 4.74 Å². The number of aromatic nitrogens is 2. The first kappa shape index (κ1) is 17.4. The van der Waals surface area contributed by atoms with Gasteiger partial charge in [0, 0.05) is 26.8 Å². The number of ether oxygens (including phenoxy) is 1. The van der Waals surface area contributed by atoms with E-state index in [-0.39, 0.29) is 17.3 Å². The smallest absolute Gasteiger partial charge is 0.244 e. The standard InChI is InChI=1S/C19H14F2N4OS/c1-8-5-11(9(2)27-8)17-16-15(12-6-10(20)3-4-14(12)21)13(7-22)18(23)26-19(16)25-24-17/h3-6,13,15,23H,1-2H3,(H,24,25). The number of hydrogen-bond acceptors (Lipinski definition) is 5. The van der Waals surface area contributed by atoms with Crippen molar-refractivity contribution in [3.63, 3.8) is 0 Å². The third-order valence-electron chi connectivity index (χ3n) is 4.64. The van der Waals surface area contributed by atoms with Crippen LogP contribution in [0, 0.1) is 48.1 Å². The summed E-state index contributed by atoms with van der Waals surface area (Å²) in [6.07, 6.45) is 0. The normalized spacial score (nSPS) is 18.7. The Kier molecular flexibility index (Phi) is 4.04. The molecule has 8 heteroatoms. The number of aromatic amines is 1. The van der Waals surface area contributed by atoms with E-state index in [0.717, 1.165) is 33.5 Å². The molecule has 3 heterocycles. The summed E-state index contributed by atoms with van der Waals surface area (Å²) in [6.45, 7) is 3.92. The van der Waals surface area contributed by atoms with Gasteiger partial charge in [-0.25, -0.2) is 8.78 Å². The highest BCUT2D eigenvalue weighted by atomic mass is 32.1. The number of rotatable bonds is 2. The van der Waals surface area contributed by atoms with E-state index in [4.69, 9.17) is 10.1 Å². The van der Waals surface area contributed by atoms with Crippen LogP contribution in [0.4, 0.5) is 8.78 Å². The molecule has 0 saturated carbocycles. The summed E-state index contributed by atoms with van der Waals surface area (Å²) in [7, 11) is 0. The summed E-state index contributed by atoms with van der Waals surface area (Å²) in [5, 5.41) is 24.7. The average Bonchev–Trinajstić information content (AvgIpc) is 3.18. The van der Waals surface area contributed by atoms with E-state index in [1.807, 2.05) is 26.0 Å². The SMILES string of the molecule is Cc1cc(-c2[nH]nc3c2C(c2cc(F)ccc2F)C(C#N)C(=N)O3)c(C)s1. The average molecular weight is 384 g/mol. The number of H-pyrrole nitrogens is 1. The van der Waals surface area contributed by atoms with Crippen LogP contribution in [0.15, 0.2) is 24.3 Å². The van der Waals surface area contributed by atoms with E-state index in [2.05, 4.69) is 10.2 Å². The van der Waals surface area contributed by atoms with E-state index in [1.165, 1.54) is 0 Å². The van der Waals surface area contributed by atoms with Crippen LogP contribution in [-0.4, -0.2) is 16.1 Å². The van der Waals surface area contributed by atoms with Crippen LogP contribution in [0.1, 0.15) is 26.8 Å². The van der Waals surface area contributed by atoms with Gasteiger partial charge in [0.15, 0.2) is 0 Å². The predicted molar refractivity (Wildman–Crippen MR) is 97.0 cm³/mol. The first-order valence-electron chi connectivity index (χ1n) is 8.17. The molecule has 0 spiro atoms. The first-order chi connectivity index (χ1) is 12.9. The molecule has 0 aliphatic carbocycles. The van der Waals surface area contributed by atoms with Crippen LogP contribution in [0.25, 0.3) is 11.3 Å². The summed E-state index contributed by atoms with van der Waals surface area (Å²) in [5.41, 5.74) is 1.92. The van der Waals surface area contributed by atoms with Gasteiger partial charge < -0.3 is 4.74 Å². The van der Waals surface area contributed by atoms with Gasteiger partial charge in [-0.15, -0.1) is 16.4 Å². The minimum Gasteiger partial charge on any atom is -0.422 e. The van der Waals surface area contributed by atoms with Crippen molar-refractivity contribution in [1.29, 1.82) is 10.7 Å². The monoisotopic (exact) mass is 384 g/mol. The van der Waals surface area contributed by atoms with Crippen molar-refractivity contribution in [2.24, 2.45) is 5.92 Å². The third-order valence-corrected chi connectivity index (χ3v) is 5.61. The van der Waals surface area contributed by atoms with E-state index in [1.54, 1.807) is 11.3 Å². The lowest BCUT2D eigenvalue weighted by Gasteiger charge is -2.28. The van der Waals surface area contributed by atoms with Crippen molar-refractivity contribution < 1.29 is 13.5 Å². The zero-order valence-corrected chi connectivity index (χ0v) is 15.2. The van der Waals surface area contributed by atoms with Crippen LogP contribution in [0.5, 0.6) is 5.88 Å². The topological polar surface area (TPSA) is 85.5 Å². The second-order valence-electron chi connectivity index (χ2n) is 6.36. The largest absolute Gasteiger partial charge is 0.422 e. The number of hydrogen-bond donors (Lipinski definition) is 2. The first-order valence-corrected chi connectivity index (χ1v) is 8.99. The molecule has 0 amide bonds. The second-order valence-corrected chi connectivity index (χ2v) is 7.82. The third kappa shape index (κ3) is 2.71. The second kappa shape index (κ2) is 6.28. The molecular formula is C19H14F2N4OS. The Balaban J connectivity index is 2.00. The molecule has 2 aromatic heterocycles. The quantitative estimate of drug-likeness (QED) is 0.673. The minimum atomic E-state index is -1.09. The lowest BCUT2D eigenvalue weighted by atomic mass is 9.78. The van der Waals surface area contributed by atoms with E-state index in [0.29, 0.717) is 11.3 Å². The lowest BCUT2D eigenvalue weighted by molar-refractivity contribution is 0.431. The molecule has 0 saturated heterocycles. The number of aryl methyl sites for hydroxylation is 2. The summed E-state index contributed by atoms with van der Waals surface area (Å²) in [4.78, 5) is 2.10.